The number of hydrogen-bond donors (Lipinski definition) is 0. The Hall–Kier alpha value is -3.73. The van der Waals surface area contributed by atoms with Crippen LogP contribution < -0.4 is 15.0 Å². The van der Waals surface area contributed by atoms with Crippen molar-refractivity contribution in [3.8, 4) is 22.9 Å². The van der Waals surface area contributed by atoms with Crippen molar-refractivity contribution in [2.75, 3.05) is 13.2 Å². The maximum atomic E-state index is 13.7. The molecule has 0 N–H and O–H groups in total. The Morgan fingerprint density at radius 3 is 2.49 bits per heavy atom. The number of rotatable bonds is 10. The van der Waals surface area contributed by atoms with Gasteiger partial charge in [0.15, 0.2) is 11.9 Å². The molecule has 0 saturated carbocycles. The Bertz CT molecular complexity index is 1660. The smallest absolute Gasteiger partial charge is 0.347 e. The molecule has 214 valence electrons. The molecule has 1 heterocycles. The monoisotopic (exact) mass is 667 g/mol. The van der Waals surface area contributed by atoms with E-state index in [0.29, 0.717) is 35.7 Å². The third kappa shape index (κ3) is 6.78. The van der Waals surface area contributed by atoms with Crippen LogP contribution in [0.4, 0.5) is 0 Å². The minimum absolute atomic E-state index is 0.203. The van der Waals surface area contributed by atoms with Crippen LogP contribution in [0.3, 0.4) is 0 Å². The summed E-state index contributed by atoms with van der Waals surface area (Å²) in [5, 5.41) is 5.11. The maximum absolute atomic E-state index is 13.7. The van der Waals surface area contributed by atoms with Crippen LogP contribution in [0.25, 0.3) is 22.3 Å². The number of carbonyl (C=O) groups excluding carboxylic acids is 1. The lowest BCUT2D eigenvalue weighted by Crippen LogP contribution is -2.26. The molecular weight excluding hydrogens is 633 g/mol. The number of nitrogens with zero attached hydrogens (tertiary/aromatic N) is 3. The zero-order valence-corrected chi connectivity index (χ0v) is 26.3. The van der Waals surface area contributed by atoms with Crippen LogP contribution in [0.5, 0.6) is 11.5 Å². The van der Waals surface area contributed by atoms with Gasteiger partial charge < -0.3 is 14.2 Å². The van der Waals surface area contributed by atoms with E-state index < -0.39 is 12.1 Å². The second-order valence-corrected chi connectivity index (χ2v) is 11.0. The molecule has 8 nitrogen and oxygen atoms in total. The molecule has 9 heteroatoms. The average Bonchev–Trinajstić information content (AvgIpc) is 2.94. The molecule has 4 rings (SSSR count). The summed E-state index contributed by atoms with van der Waals surface area (Å²) in [6, 6.07) is 16.8. The lowest BCUT2D eigenvalue weighted by atomic mass is 9.96. The van der Waals surface area contributed by atoms with Gasteiger partial charge in [-0.25, -0.2) is 9.78 Å². The van der Waals surface area contributed by atoms with Crippen molar-refractivity contribution in [1.82, 2.24) is 9.66 Å². The molecule has 3 aromatic carbocycles. The van der Waals surface area contributed by atoms with Crippen LogP contribution in [-0.2, 0) is 9.53 Å². The third-order valence-corrected chi connectivity index (χ3v) is 7.32. The molecule has 1 atom stereocenters. The second-order valence-electron chi connectivity index (χ2n) is 9.81. The zero-order valence-electron chi connectivity index (χ0n) is 24.1. The van der Waals surface area contributed by atoms with E-state index in [1.165, 1.54) is 4.68 Å². The number of benzene rings is 3. The van der Waals surface area contributed by atoms with Crippen molar-refractivity contribution in [2.45, 2.75) is 53.6 Å². The van der Waals surface area contributed by atoms with Gasteiger partial charge in [0.2, 0.25) is 0 Å². The molecule has 1 aromatic heterocycles. The summed E-state index contributed by atoms with van der Waals surface area (Å²) in [4.78, 5) is 30.6. The van der Waals surface area contributed by atoms with E-state index in [2.05, 4.69) is 41.5 Å². The van der Waals surface area contributed by atoms with E-state index >= 15 is 0 Å². The van der Waals surface area contributed by atoms with Crippen LogP contribution in [-0.4, -0.2) is 41.2 Å². The maximum Gasteiger partial charge on any atom is 0.347 e. The molecule has 0 saturated heterocycles. The Morgan fingerprint density at radius 1 is 1.05 bits per heavy atom. The fourth-order valence-electron chi connectivity index (χ4n) is 4.39. The lowest BCUT2D eigenvalue weighted by Gasteiger charge is -2.18. The van der Waals surface area contributed by atoms with Crippen LogP contribution in [0.1, 0.15) is 57.2 Å². The molecule has 0 aliphatic carbocycles. The standard InChI is InChI=1S/C32H34IN3O5/c1-7-39-29-15-20(5)25(17-24(29)19(3)4)30-35-27-12-10-9-11-23(27)31(37)36(30)34-18-22-13-14-28(26(33)16-22)41-21(6)32(38)40-8-2/h9-19,21H,7-8H2,1-6H3/t21-/m0/s1. The number of hydrogen-bond acceptors (Lipinski definition) is 7. The molecule has 0 aliphatic rings. The second kappa shape index (κ2) is 13.3. The minimum Gasteiger partial charge on any atom is -0.494 e. The Balaban J connectivity index is 1.79. The van der Waals surface area contributed by atoms with Gasteiger partial charge in [-0.15, -0.1) is 0 Å². The molecule has 0 unspecified atom stereocenters. The molecule has 0 aliphatic heterocycles. The largest absolute Gasteiger partial charge is 0.494 e. The highest BCUT2D eigenvalue weighted by molar-refractivity contribution is 14.1. The highest BCUT2D eigenvalue weighted by Crippen LogP contribution is 2.34. The highest BCUT2D eigenvalue weighted by Gasteiger charge is 2.19. The highest BCUT2D eigenvalue weighted by atomic mass is 127. The summed E-state index contributed by atoms with van der Waals surface area (Å²) in [5.41, 5.74) is 3.86. The summed E-state index contributed by atoms with van der Waals surface area (Å²) in [6.45, 7) is 12.4. The summed E-state index contributed by atoms with van der Waals surface area (Å²) in [6.07, 6.45) is 0.885. The number of aromatic nitrogens is 2. The first-order valence-electron chi connectivity index (χ1n) is 13.6. The Morgan fingerprint density at radius 2 is 1.80 bits per heavy atom. The van der Waals surface area contributed by atoms with E-state index in [1.54, 1.807) is 32.2 Å². The molecule has 41 heavy (non-hydrogen) atoms. The molecule has 0 amide bonds. The van der Waals surface area contributed by atoms with Gasteiger partial charge in [0.1, 0.15) is 11.5 Å². The van der Waals surface area contributed by atoms with Gasteiger partial charge in [-0.1, -0.05) is 26.0 Å². The van der Waals surface area contributed by atoms with Crippen molar-refractivity contribution in [3.63, 3.8) is 0 Å². The third-order valence-electron chi connectivity index (χ3n) is 6.47. The van der Waals surface area contributed by atoms with E-state index in [0.717, 1.165) is 31.6 Å². The van der Waals surface area contributed by atoms with Gasteiger partial charge in [-0.05, 0) is 115 Å². The number of para-hydroxylation sites is 1. The first-order valence-corrected chi connectivity index (χ1v) is 14.7. The lowest BCUT2D eigenvalue weighted by molar-refractivity contribution is -0.150. The average molecular weight is 668 g/mol. The van der Waals surface area contributed by atoms with Crippen molar-refractivity contribution in [2.24, 2.45) is 5.10 Å². The SMILES string of the molecule is CCOC(=O)[C@H](C)Oc1ccc(C=Nn2c(-c3cc(C(C)C)c(OCC)cc3C)nc3ccccc3c2=O)cc1I. The quantitative estimate of drug-likeness (QED) is 0.106. The van der Waals surface area contributed by atoms with Gasteiger partial charge in [0.25, 0.3) is 5.56 Å². The number of esters is 1. The van der Waals surface area contributed by atoms with Gasteiger partial charge in [0, 0.05) is 5.56 Å². The summed E-state index contributed by atoms with van der Waals surface area (Å²) < 4.78 is 18.9. The number of ether oxygens (including phenoxy) is 3. The molecular formula is C32H34IN3O5. The zero-order chi connectivity index (χ0) is 29.7. The van der Waals surface area contributed by atoms with E-state index in [9.17, 15) is 9.59 Å². The van der Waals surface area contributed by atoms with Crippen molar-refractivity contribution >= 4 is 45.7 Å². The Labute approximate surface area is 253 Å². The fraction of sp³-hybridized carbons (Fsp3) is 0.312. The topological polar surface area (TPSA) is 92.0 Å². The molecule has 0 spiro atoms. The van der Waals surface area contributed by atoms with Gasteiger partial charge in [-0.3, -0.25) is 4.79 Å². The first kappa shape index (κ1) is 30.2. The number of fused-ring (bicyclic) bond motifs is 1. The van der Waals surface area contributed by atoms with Crippen LogP contribution in [0.15, 0.2) is 64.5 Å². The minimum atomic E-state index is -0.735. The number of carbonyl (C=O) groups is 1. The van der Waals surface area contributed by atoms with E-state index in [4.69, 9.17) is 19.2 Å². The first-order chi connectivity index (χ1) is 19.6. The van der Waals surface area contributed by atoms with E-state index in [-0.39, 0.29) is 11.5 Å². The molecule has 4 aromatic rings. The van der Waals surface area contributed by atoms with Gasteiger partial charge in [0.05, 0.1) is 33.9 Å². The number of aryl methyl sites for hydroxylation is 1. The van der Waals surface area contributed by atoms with Crippen molar-refractivity contribution in [3.05, 3.63) is 85.2 Å². The van der Waals surface area contributed by atoms with Gasteiger partial charge >= 0.3 is 5.97 Å². The summed E-state index contributed by atoms with van der Waals surface area (Å²) in [5.74, 6) is 1.62. The van der Waals surface area contributed by atoms with Crippen LogP contribution in [0.2, 0.25) is 0 Å². The van der Waals surface area contributed by atoms with Crippen LogP contribution >= 0.6 is 22.6 Å². The van der Waals surface area contributed by atoms with Gasteiger partial charge in [-0.2, -0.15) is 9.78 Å². The molecule has 0 bridgehead atoms. The predicted molar refractivity (Wildman–Crippen MR) is 170 cm³/mol. The number of halogens is 1. The van der Waals surface area contributed by atoms with Crippen molar-refractivity contribution in [1.29, 1.82) is 0 Å². The molecule has 0 radical (unpaired) electrons. The van der Waals surface area contributed by atoms with E-state index in [1.807, 2.05) is 56.3 Å². The normalized spacial score (nSPS) is 12.2. The summed E-state index contributed by atoms with van der Waals surface area (Å²) >= 11 is 2.14. The summed E-state index contributed by atoms with van der Waals surface area (Å²) in [7, 11) is 0. The molecule has 0 fully saturated rings. The van der Waals surface area contributed by atoms with Crippen LogP contribution in [0, 0.1) is 10.5 Å². The van der Waals surface area contributed by atoms with Crippen molar-refractivity contribution < 1.29 is 19.0 Å². The fourth-order valence-corrected chi connectivity index (χ4v) is 5.06. The Kier molecular flexibility index (Phi) is 9.80. The predicted octanol–water partition coefficient (Wildman–Crippen LogP) is 6.71.